The van der Waals surface area contributed by atoms with E-state index in [4.69, 9.17) is 27.9 Å². The number of morpholine rings is 1. The molecule has 0 atom stereocenters. The van der Waals surface area contributed by atoms with E-state index in [1.807, 2.05) is 0 Å². The fourth-order valence-corrected chi connectivity index (χ4v) is 5.05. The third-order valence-corrected chi connectivity index (χ3v) is 7.20. The summed E-state index contributed by atoms with van der Waals surface area (Å²) in [6.07, 6.45) is 0. The maximum atomic E-state index is 12.8. The highest BCUT2D eigenvalue weighted by Crippen LogP contribution is 2.31. The number of nitrogens with zero attached hydrogens (tertiary/aromatic N) is 3. The minimum absolute atomic E-state index is 0.00498. The van der Waals surface area contributed by atoms with Gasteiger partial charge in [0, 0.05) is 39.3 Å². The summed E-state index contributed by atoms with van der Waals surface area (Å²) < 4.78 is 32.2. The molecular weight excluding hydrogens is 389 g/mol. The van der Waals surface area contributed by atoms with Crippen LogP contribution >= 0.6 is 23.2 Å². The largest absolute Gasteiger partial charge is 0.378 e. The first-order valence-electron chi connectivity index (χ1n) is 7.97. The summed E-state index contributed by atoms with van der Waals surface area (Å²) in [5.41, 5.74) is 0. The molecule has 138 valence electrons. The number of carbonyl (C=O) groups is 1. The van der Waals surface area contributed by atoms with Gasteiger partial charge in [0.15, 0.2) is 0 Å². The molecule has 0 saturated carbocycles. The Kier molecular flexibility index (Phi) is 5.75. The number of carbonyl (C=O) groups excluding carboxylic acids is 1. The Hall–Kier alpha value is -1.06. The number of sulfonamides is 1. The number of urea groups is 1. The van der Waals surface area contributed by atoms with Crippen LogP contribution in [0.5, 0.6) is 0 Å². The van der Waals surface area contributed by atoms with Gasteiger partial charge in [-0.3, -0.25) is 0 Å². The van der Waals surface area contributed by atoms with Crippen LogP contribution in [-0.4, -0.2) is 81.0 Å². The number of piperazine rings is 1. The van der Waals surface area contributed by atoms with Crippen LogP contribution in [0.15, 0.2) is 23.1 Å². The van der Waals surface area contributed by atoms with Crippen molar-refractivity contribution in [2.24, 2.45) is 0 Å². The van der Waals surface area contributed by atoms with E-state index in [0.717, 1.165) is 0 Å². The molecular formula is C15H19Cl2N3O4S. The van der Waals surface area contributed by atoms with Crippen LogP contribution in [0.3, 0.4) is 0 Å². The highest BCUT2D eigenvalue weighted by atomic mass is 35.5. The minimum Gasteiger partial charge on any atom is -0.378 e. The van der Waals surface area contributed by atoms with E-state index in [1.54, 1.807) is 21.9 Å². The Morgan fingerprint density at radius 2 is 1.56 bits per heavy atom. The average molecular weight is 408 g/mol. The average Bonchev–Trinajstić information content (AvgIpc) is 2.64. The van der Waals surface area contributed by atoms with Gasteiger partial charge in [-0.1, -0.05) is 29.3 Å². The van der Waals surface area contributed by atoms with E-state index in [9.17, 15) is 13.2 Å². The summed E-state index contributed by atoms with van der Waals surface area (Å²) in [5.74, 6) is 0. The lowest BCUT2D eigenvalue weighted by Crippen LogP contribution is -2.55. The molecule has 3 rings (SSSR count). The molecule has 0 aromatic heterocycles. The molecule has 1 aromatic carbocycles. The molecule has 0 bridgehead atoms. The monoisotopic (exact) mass is 407 g/mol. The number of hydrogen-bond acceptors (Lipinski definition) is 4. The lowest BCUT2D eigenvalue weighted by atomic mass is 10.3. The summed E-state index contributed by atoms with van der Waals surface area (Å²) in [6, 6.07) is 4.47. The molecule has 0 spiro atoms. The van der Waals surface area contributed by atoms with Gasteiger partial charge >= 0.3 is 6.03 Å². The number of halogens is 2. The Morgan fingerprint density at radius 1 is 0.960 bits per heavy atom. The van der Waals surface area contributed by atoms with Crippen molar-refractivity contribution in [1.29, 1.82) is 0 Å². The van der Waals surface area contributed by atoms with Crippen molar-refractivity contribution in [3.63, 3.8) is 0 Å². The molecule has 0 N–H and O–H groups in total. The van der Waals surface area contributed by atoms with Gasteiger partial charge in [-0.25, -0.2) is 13.2 Å². The van der Waals surface area contributed by atoms with Crippen molar-refractivity contribution < 1.29 is 17.9 Å². The van der Waals surface area contributed by atoms with Crippen molar-refractivity contribution in [3.8, 4) is 0 Å². The van der Waals surface area contributed by atoms with Gasteiger partial charge in [-0.2, -0.15) is 4.31 Å². The van der Waals surface area contributed by atoms with E-state index in [0.29, 0.717) is 39.4 Å². The summed E-state index contributed by atoms with van der Waals surface area (Å²) in [5, 5.41) is 0.222. The molecule has 0 aliphatic carbocycles. The topological polar surface area (TPSA) is 70.2 Å². The lowest BCUT2D eigenvalue weighted by molar-refractivity contribution is 0.0405. The highest BCUT2D eigenvalue weighted by molar-refractivity contribution is 7.89. The van der Waals surface area contributed by atoms with Gasteiger partial charge < -0.3 is 14.5 Å². The first-order chi connectivity index (χ1) is 11.9. The minimum atomic E-state index is -3.74. The number of amides is 2. The standard InChI is InChI=1S/C15H19Cl2N3O4S/c16-12-2-1-3-13(14(12)17)25(22,23)20-6-4-18(5-7-20)15(21)19-8-10-24-11-9-19/h1-3H,4-11H2. The van der Waals surface area contributed by atoms with Gasteiger partial charge in [0.25, 0.3) is 0 Å². The van der Waals surface area contributed by atoms with E-state index in [-0.39, 0.29) is 34.1 Å². The van der Waals surface area contributed by atoms with Crippen LogP contribution in [0.25, 0.3) is 0 Å². The number of rotatable bonds is 2. The fraction of sp³-hybridized carbons (Fsp3) is 0.533. The number of ether oxygens (including phenoxy) is 1. The summed E-state index contributed by atoms with van der Waals surface area (Å²) in [4.78, 5) is 15.9. The van der Waals surface area contributed by atoms with Crippen molar-refractivity contribution in [2.45, 2.75) is 4.90 Å². The van der Waals surface area contributed by atoms with Crippen LogP contribution in [0.1, 0.15) is 0 Å². The number of hydrogen-bond donors (Lipinski definition) is 0. The van der Waals surface area contributed by atoms with E-state index < -0.39 is 10.0 Å². The van der Waals surface area contributed by atoms with Crippen molar-refractivity contribution in [2.75, 3.05) is 52.5 Å². The van der Waals surface area contributed by atoms with E-state index in [1.165, 1.54) is 10.4 Å². The quantitative estimate of drug-likeness (QED) is 0.748. The van der Waals surface area contributed by atoms with Gasteiger partial charge in [-0.05, 0) is 12.1 Å². The van der Waals surface area contributed by atoms with E-state index in [2.05, 4.69) is 0 Å². The summed E-state index contributed by atoms with van der Waals surface area (Å²) >= 11 is 12.0. The maximum Gasteiger partial charge on any atom is 0.320 e. The molecule has 10 heteroatoms. The maximum absolute atomic E-state index is 12.8. The molecule has 0 unspecified atom stereocenters. The molecule has 25 heavy (non-hydrogen) atoms. The first kappa shape index (κ1) is 18.7. The molecule has 2 heterocycles. The van der Waals surface area contributed by atoms with Gasteiger partial charge in [0.1, 0.15) is 4.90 Å². The van der Waals surface area contributed by atoms with Crippen LogP contribution in [-0.2, 0) is 14.8 Å². The normalized spacial score (nSPS) is 19.9. The fourth-order valence-electron chi connectivity index (χ4n) is 2.90. The Morgan fingerprint density at radius 3 is 2.20 bits per heavy atom. The summed E-state index contributed by atoms with van der Waals surface area (Å²) in [6.45, 7) is 3.33. The second-order valence-electron chi connectivity index (χ2n) is 5.83. The lowest BCUT2D eigenvalue weighted by Gasteiger charge is -2.38. The molecule has 2 aliphatic heterocycles. The van der Waals surface area contributed by atoms with Crippen LogP contribution in [0, 0.1) is 0 Å². The van der Waals surface area contributed by atoms with Gasteiger partial charge in [-0.15, -0.1) is 0 Å². The zero-order valence-electron chi connectivity index (χ0n) is 13.5. The second-order valence-corrected chi connectivity index (χ2v) is 8.52. The van der Waals surface area contributed by atoms with Gasteiger partial charge in [0.2, 0.25) is 10.0 Å². The van der Waals surface area contributed by atoms with Crippen LogP contribution in [0.4, 0.5) is 4.79 Å². The first-order valence-corrected chi connectivity index (χ1v) is 10.2. The van der Waals surface area contributed by atoms with Crippen molar-refractivity contribution in [1.82, 2.24) is 14.1 Å². The van der Waals surface area contributed by atoms with E-state index >= 15 is 0 Å². The molecule has 0 radical (unpaired) electrons. The van der Waals surface area contributed by atoms with Crippen LogP contribution < -0.4 is 0 Å². The Bertz CT molecular complexity index is 745. The molecule has 7 nitrogen and oxygen atoms in total. The zero-order chi connectivity index (χ0) is 18.0. The molecule has 1 aromatic rings. The Labute approximate surface area is 157 Å². The predicted molar refractivity (Wildman–Crippen MR) is 94.6 cm³/mol. The smallest absolute Gasteiger partial charge is 0.320 e. The van der Waals surface area contributed by atoms with Crippen molar-refractivity contribution in [3.05, 3.63) is 28.2 Å². The predicted octanol–water partition coefficient (Wildman–Crippen LogP) is 1.75. The molecule has 2 amide bonds. The number of benzene rings is 1. The van der Waals surface area contributed by atoms with Gasteiger partial charge in [0.05, 0.1) is 23.3 Å². The third-order valence-electron chi connectivity index (χ3n) is 4.32. The molecule has 2 aliphatic rings. The van der Waals surface area contributed by atoms with Crippen LogP contribution in [0.2, 0.25) is 10.0 Å². The van der Waals surface area contributed by atoms with Crippen molar-refractivity contribution >= 4 is 39.3 Å². The molecule has 2 saturated heterocycles. The third kappa shape index (κ3) is 3.88. The second kappa shape index (κ2) is 7.67. The zero-order valence-corrected chi connectivity index (χ0v) is 15.9. The summed E-state index contributed by atoms with van der Waals surface area (Å²) in [7, 11) is -3.74. The Balaban J connectivity index is 1.67. The molecule has 2 fully saturated rings. The SMILES string of the molecule is O=C(N1CCOCC1)N1CCN(S(=O)(=O)c2cccc(Cl)c2Cl)CC1. The highest BCUT2D eigenvalue weighted by Gasteiger charge is 2.33.